The Labute approximate surface area is 119 Å². The second kappa shape index (κ2) is 5.95. The van der Waals surface area contributed by atoms with Gasteiger partial charge in [-0.05, 0) is 23.3 Å². The van der Waals surface area contributed by atoms with E-state index in [1.54, 1.807) is 12.1 Å². The molecule has 2 aromatic carbocycles. The molecule has 0 radical (unpaired) electrons. The molecule has 0 aliphatic heterocycles. The number of hydrogen-bond acceptors (Lipinski definition) is 3. The lowest BCUT2D eigenvalue weighted by Gasteiger charge is -2.17. The summed E-state index contributed by atoms with van der Waals surface area (Å²) < 4.78 is 0. The molecule has 0 aliphatic carbocycles. The molecule has 1 N–H and O–H groups in total. The van der Waals surface area contributed by atoms with Crippen LogP contribution in [0.3, 0.4) is 0 Å². The van der Waals surface area contributed by atoms with Crippen molar-refractivity contribution in [2.75, 3.05) is 0 Å². The average Bonchev–Trinajstić information content (AvgIpc) is 2.46. The van der Waals surface area contributed by atoms with Gasteiger partial charge in [0, 0.05) is 12.1 Å². The number of nitro benzene ring substituents is 1. The Balaban J connectivity index is 2.19. The summed E-state index contributed by atoms with van der Waals surface area (Å²) in [6.07, 6.45) is -0.761. The van der Waals surface area contributed by atoms with Gasteiger partial charge in [0.25, 0.3) is 5.69 Å². The Morgan fingerprint density at radius 3 is 2.11 bits per heavy atom. The lowest BCUT2D eigenvalue weighted by molar-refractivity contribution is -0.384. The zero-order valence-corrected chi connectivity index (χ0v) is 11.5. The van der Waals surface area contributed by atoms with E-state index < -0.39 is 11.0 Å². The quantitative estimate of drug-likeness (QED) is 0.529. The van der Waals surface area contributed by atoms with Crippen LogP contribution in [0.25, 0.3) is 0 Å². The van der Waals surface area contributed by atoms with Gasteiger partial charge in [-0.2, -0.15) is 0 Å². The molecule has 0 saturated heterocycles. The number of non-ortho nitro benzene ring substituents is 1. The zero-order chi connectivity index (χ0) is 13.8. The van der Waals surface area contributed by atoms with E-state index >= 15 is 0 Å². The lowest BCUT2D eigenvalue weighted by atomic mass is 10.0. The fourth-order valence-electron chi connectivity index (χ4n) is 1.78. The summed E-state index contributed by atoms with van der Waals surface area (Å²) in [5.74, 6) is 0. The molecule has 0 heterocycles. The van der Waals surface area contributed by atoms with Crippen molar-refractivity contribution >= 4 is 21.6 Å². The molecule has 0 unspecified atom stereocenters. The fraction of sp³-hybridized carbons (Fsp3) is 0.143. The number of rotatable bonds is 4. The van der Waals surface area contributed by atoms with Crippen molar-refractivity contribution in [1.29, 1.82) is 0 Å². The van der Waals surface area contributed by atoms with Gasteiger partial charge < -0.3 is 5.11 Å². The monoisotopic (exact) mass is 321 g/mol. The van der Waals surface area contributed by atoms with Gasteiger partial charge in [0.15, 0.2) is 0 Å². The third kappa shape index (κ3) is 3.19. The van der Waals surface area contributed by atoms with E-state index in [9.17, 15) is 15.2 Å². The SMILES string of the molecule is O=[N+]([O-])c1ccc([C@@H](O)[C@@H](Br)c2ccccc2)cc1. The molecule has 0 saturated carbocycles. The molecule has 0 fully saturated rings. The van der Waals surface area contributed by atoms with E-state index in [4.69, 9.17) is 0 Å². The van der Waals surface area contributed by atoms with Crippen LogP contribution in [0.4, 0.5) is 5.69 Å². The number of nitro groups is 1. The van der Waals surface area contributed by atoms with Crippen LogP contribution in [0, 0.1) is 10.1 Å². The van der Waals surface area contributed by atoms with Crippen LogP contribution in [-0.4, -0.2) is 10.0 Å². The van der Waals surface area contributed by atoms with Gasteiger partial charge in [-0.15, -0.1) is 0 Å². The predicted molar refractivity (Wildman–Crippen MR) is 76.2 cm³/mol. The molecule has 0 spiro atoms. The first-order valence-corrected chi connectivity index (χ1v) is 6.62. The second-order valence-electron chi connectivity index (χ2n) is 4.11. The predicted octanol–water partition coefficient (Wildman–Crippen LogP) is 3.76. The van der Waals surface area contributed by atoms with Gasteiger partial charge in [-0.25, -0.2) is 0 Å². The highest BCUT2D eigenvalue weighted by Gasteiger charge is 2.20. The highest BCUT2D eigenvalue weighted by Crippen LogP contribution is 2.36. The minimum atomic E-state index is -0.761. The van der Waals surface area contributed by atoms with Crippen LogP contribution >= 0.6 is 15.9 Å². The first-order valence-electron chi connectivity index (χ1n) is 5.71. The van der Waals surface area contributed by atoms with Crippen molar-refractivity contribution in [3.8, 4) is 0 Å². The van der Waals surface area contributed by atoms with Gasteiger partial charge in [-0.1, -0.05) is 46.3 Å². The fourth-order valence-corrected chi connectivity index (χ4v) is 2.39. The Hall–Kier alpha value is -1.72. The zero-order valence-electron chi connectivity index (χ0n) is 9.94. The lowest BCUT2D eigenvalue weighted by Crippen LogP contribution is -2.05. The van der Waals surface area contributed by atoms with E-state index in [1.165, 1.54) is 12.1 Å². The average molecular weight is 322 g/mol. The van der Waals surface area contributed by atoms with E-state index in [0.29, 0.717) is 5.56 Å². The van der Waals surface area contributed by atoms with Crippen molar-refractivity contribution in [2.45, 2.75) is 10.9 Å². The molecule has 0 aliphatic rings. The topological polar surface area (TPSA) is 63.4 Å². The molecule has 19 heavy (non-hydrogen) atoms. The number of alkyl halides is 1. The number of benzene rings is 2. The maximum Gasteiger partial charge on any atom is 0.269 e. The summed E-state index contributed by atoms with van der Waals surface area (Å²) in [6.45, 7) is 0. The molecular formula is C14H12BrNO3. The second-order valence-corrected chi connectivity index (χ2v) is 5.09. The third-order valence-corrected chi connectivity index (χ3v) is 3.87. The summed E-state index contributed by atoms with van der Waals surface area (Å²) in [4.78, 5) is 9.86. The maximum atomic E-state index is 10.6. The van der Waals surface area contributed by atoms with E-state index in [0.717, 1.165) is 5.56 Å². The summed E-state index contributed by atoms with van der Waals surface area (Å²) in [5.41, 5.74) is 1.60. The van der Waals surface area contributed by atoms with Crippen LogP contribution in [0.2, 0.25) is 0 Å². The molecule has 2 aromatic rings. The highest BCUT2D eigenvalue weighted by atomic mass is 79.9. The van der Waals surface area contributed by atoms with E-state index in [1.807, 2.05) is 30.3 Å². The first-order chi connectivity index (χ1) is 9.09. The van der Waals surface area contributed by atoms with Crippen LogP contribution in [0.5, 0.6) is 0 Å². The van der Waals surface area contributed by atoms with Gasteiger partial charge in [0.05, 0.1) is 15.9 Å². The standard InChI is InChI=1S/C14H12BrNO3/c15-13(10-4-2-1-3-5-10)14(17)11-6-8-12(9-7-11)16(18)19/h1-9,13-14,17H/t13-,14+/m0/s1. The van der Waals surface area contributed by atoms with Crippen molar-refractivity contribution in [3.63, 3.8) is 0 Å². The van der Waals surface area contributed by atoms with Gasteiger partial charge in [0.2, 0.25) is 0 Å². The minimum absolute atomic E-state index is 0.0155. The molecule has 2 atom stereocenters. The Morgan fingerprint density at radius 2 is 1.58 bits per heavy atom. The van der Waals surface area contributed by atoms with Crippen molar-refractivity contribution in [2.24, 2.45) is 0 Å². The molecule has 0 bridgehead atoms. The molecular weight excluding hydrogens is 310 g/mol. The van der Waals surface area contributed by atoms with Crippen molar-refractivity contribution in [1.82, 2.24) is 0 Å². The smallest absolute Gasteiger partial charge is 0.269 e. The largest absolute Gasteiger partial charge is 0.387 e. The normalized spacial score (nSPS) is 13.8. The molecule has 4 nitrogen and oxygen atoms in total. The number of halogens is 1. The maximum absolute atomic E-state index is 10.6. The van der Waals surface area contributed by atoms with Crippen molar-refractivity contribution < 1.29 is 10.0 Å². The minimum Gasteiger partial charge on any atom is -0.387 e. The molecule has 0 aromatic heterocycles. The number of hydrogen-bond donors (Lipinski definition) is 1. The number of nitrogens with zero attached hydrogens (tertiary/aromatic N) is 1. The van der Waals surface area contributed by atoms with Crippen LogP contribution in [-0.2, 0) is 0 Å². The highest BCUT2D eigenvalue weighted by molar-refractivity contribution is 9.09. The summed E-state index contributed by atoms with van der Waals surface area (Å²) in [7, 11) is 0. The molecule has 0 amide bonds. The van der Waals surface area contributed by atoms with E-state index in [2.05, 4.69) is 15.9 Å². The van der Waals surface area contributed by atoms with Crippen LogP contribution in [0.1, 0.15) is 22.1 Å². The number of aliphatic hydroxyl groups is 1. The Bertz CT molecular complexity index is 557. The van der Waals surface area contributed by atoms with Gasteiger partial charge in [0.1, 0.15) is 0 Å². The van der Waals surface area contributed by atoms with Gasteiger partial charge in [-0.3, -0.25) is 10.1 Å². The third-order valence-electron chi connectivity index (χ3n) is 2.84. The number of aliphatic hydroxyl groups excluding tert-OH is 1. The van der Waals surface area contributed by atoms with Crippen LogP contribution in [0.15, 0.2) is 54.6 Å². The molecule has 2 rings (SSSR count). The molecule has 98 valence electrons. The van der Waals surface area contributed by atoms with E-state index in [-0.39, 0.29) is 10.5 Å². The van der Waals surface area contributed by atoms with Gasteiger partial charge >= 0.3 is 0 Å². The molecule has 5 heteroatoms. The Morgan fingerprint density at radius 1 is 1.00 bits per heavy atom. The summed E-state index contributed by atoms with van der Waals surface area (Å²) in [6, 6.07) is 15.4. The summed E-state index contributed by atoms with van der Waals surface area (Å²) in [5, 5.41) is 20.8. The summed E-state index contributed by atoms with van der Waals surface area (Å²) >= 11 is 3.45. The van der Waals surface area contributed by atoms with Crippen LogP contribution < -0.4 is 0 Å². The Kier molecular flexibility index (Phi) is 4.29. The van der Waals surface area contributed by atoms with Crippen molar-refractivity contribution in [3.05, 3.63) is 75.8 Å². The first kappa shape index (κ1) is 13.7.